The predicted octanol–water partition coefficient (Wildman–Crippen LogP) is 3.35. The number of hydrogen-bond donors (Lipinski definition) is 2. The topological polar surface area (TPSA) is 49.3 Å². The van der Waals surface area contributed by atoms with Crippen molar-refractivity contribution in [2.75, 3.05) is 0 Å². The Balaban J connectivity index is 2.63. The largest absolute Gasteiger partial charge is 0.465 e. The Kier molecular flexibility index (Phi) is 5.12. The summed E-state index contributed by atoms with van der Waals surface area (Å²) in [4.78, 5) is 10.7. The molecular weight excluding hydrogens is 202 g/mol. The van der Waals surface area contributed by atoms with Gasteiger partial charge in [0.1, 0.15) is 0 Å². The van der Waals surface area contributed by atoms with E-state index in [9.17, 15) is 4.79 Å². The molecule has 0 fully saturated rings. The molecule has 3 heteroatoms. The van der Waals surface area contributed by atoms with Crippen molar-refractivity contribution >= 4 is 6.09 Å². The lowest BCUT2D eigenvalue weighted by Crippen LogP contribution is -2.26. The average Bonchev–Trinajstić information content (AvgIpc) is 2.29. The molecule has 0 bridgehead atoms. The van der Waals surface area contributed by atoms with E-state index in [0.29, 0.717) is 0 Å². The van der Waals surface area contributed by atoms with E-state index >= 15 is 0 Å². The summed E-state index contributed by atoms with van der Waals surface area (Å²) in [5, 5.41) is 11.3. The van der Waals surface area contributed by atoms with Gasteiger partial charge in [-0.25, -0.2) is 4.79 Å². The molecule has 0 aromatic heterocycles. The second-order valence-electron chi connectivity index (χ2n) is 3.63. The first-order valence-electron chi connectivity index (χ1n) is 5.39. The van der Waals surface area contributed by atoms with Crippen LogP contribution >= 0.6 is 0 Å². The van der Waals surface area contributed by atoms with Gasteiger partial charge < -0.3 is 10.4 Å². The minimum absolute atomic E-state index is 0.126. The SMILES string of the molecule is C=CCCCC(NC(=O)O)c1ccccc1. The first-order chi connectivity index (χ1) is 7.74. The molecule has 0 aliphatic rings. The summed E-state index contributed by atoms with van der Waals surface area (Å²) < 4.78 is 0. The first kappa shape index (κ1) is 12.3. The van der Waals surface area contributed by atoms with Gasteiger partial charge in [-0.05, 0) is 24.8 Å². The molecule has 0 heterocycles. The number of nitrogens with one attached hydrogen (secondary N) is 1. The molecule has 0 saturated heterocycles. The molecule has 2 N–H and O–H groups in total. The van der Waals surface area contributed by atoms with Crippen LogP contribution in [-0.2, 0) is 0 Å². The Hall–Kier alpha value is -1.77. The van der Waals surface area contributed by atoms with Crippen LogP contribution in [0.4, 0.5) is 4.79 Å². The van der Waals surface area contributed by atoms with Gasteiger partial charge in [0.2, 0.25) is 0 Å². The molecule has 3 nitrogen and oxygen atoms in total. The van der Waals surface area contributed by atoms with Gasteiger partial charge in [-0.15, -0.1) is 6.58 Å². The fourth-order valence-corrected chi connectivity index (χ4v) is 1.62. The molecule has 1 rings (SSSR count). The molecule has 1 atom stereocenters. The van der Waals surface area contributed by atoms with Crippen LogP contribution in [0.15, 0.2) is 43.0 Å². The summed E-state index contributed by atoms with van der Waals surface area (Å²) in [6.45, 7) is 3.65. The minimum atomic E-state index is -0.979. The van der Waals surface area contributed by atoms with Gasteiger partial charge in [-0.3, -0.25) is 0 Å². The Morgan fingerprint density at radius 3 is 2.69 bits per heavy atom. The summed E-state index contributed by atoms with van der Waals surface area (Å²) in [6.07, 6.45) is 3.51. The third kappa shape index (κ3) is 4.17. The second-order valence-corrected chi connectivity index (χ2v) is 3.63. The number of benzene rings is 1. The number of carbonyl (C=O) groups is 1. The zero-order chi connectivity index (χ0) is 11.8. The molecule has 1 unspecified atom stereocenters. The van der Waals surface area contributed by atoms with E-state index in [-0.39, 0.29) is 6.04 Å². The van der Waals surface area contributed by atoms with Crippen LogP contribution in [0, 0.1) is 0 Å². The first-order valence-corrected chi connectivity index (χ1v) is 5.39. The zero-order valence-corrected chi connectivity index (χ0v) is 9.23. The van der Waals surface area contributed by atoms with Gasteiger partial charge in [0, 0.05) is 0 Å². The van der Waals surface area contributed by atoms with Gasteiger partial charge in [0.15, 0.2) is 0 Å². The fourth-order valence-electron chi connectivity index (χ4n) is 1.62. The van der Waals surface area contributed by atoms with E-state index in [4.69, 9.17) is 5.11 Å². The quantitative estimate of drug-likeness (QED) is 0.569. The van der Waals surface area contributed by atoms with Crippen LogP contribution in [0.1, 0.15) is 30.9 Å². The standard InChI is InChI=1S/C13H17NO2/c1-2-3-5-10-12(14-13(15)16)11-8-6-4-7-9-11/h2,4,6-9,12,14H,1,3,5,10H2,(H,15,16). The van der Waals surface area contributed by atoms with Crippen LogP contribution in [0.3, 0.4) is 0 Å². The number of unbranched alkanes of at least 4 members (excludes halogenated alkanes) is 1. The summed E-state index contributed by atoms with van der Waals surface area (Å²) in [7, 11) is 0. The Morgan fingerprint density at radius 2 is 2.12 bits per heavy atom. The Labute approximate surface area is 95.8 Å². The summed E-state index contributed by atoms with van der Waals surface area (Å²) in [6, 6.07) is 9.51. The molecule has 0 saturated carbocycles. The molecule has 0 radical (unpaired) electrons. The van der Waals surface area contributed by atoms with Crippen LogP contribution in [0.5, 0.6) is 0 Å². The van der Waals surface area contributed by atoms with E-state index in [1.54, 1.807) is 0 Å². The maximum atomic E-state index is 10.7. The van der Waals surface area contributed by atoms with Gasteiger partial charge >= 0.3 is 6.09 Å². The van der Waals surface area contributed by atoms with Crippen molar-refractivity contribution in [1.82, 2.24) is 5.32 Å². The number of carboxylic acid groups (broad SMARTS) is 1. The highest BCUT2D eigenvalue weighted by Gasteiger charge is 2.12. The fraction of sp³-hybridized carbons (Fsp3) is 0.308. The lowest BCUT2D eigenvalue weighted by Gasteiger charge is -2.16. The Morgan fingerprint density at radius 1 is 1.44 bits per heavy atom. The van der Waals surface area contributed by atoms with Gasteiger partial charge in [0.25, 0.3) is 0 Å². The highest BCUT2D eigenvalue weighted by atomic mass is 16.4. The van der Waals surface area contributed by atoms with E-state index in [1.165, 1.54) is 0 Å². The van der Waals surface area contributed by atoms with Crippen molar-refractivity contribution < 1.29 is 9.90 Å². The summed E-state index contributed by atoms with van der Waals surface area (Å²) in [5.41, 5.74) is 1.01. The molecule has 0 aliphatic carbocycles. The third-order valence-corrected chi connectivity index (χ3v) is 2.40. The molecule has 86 valence electrons. The number of rotatable bonds is 6. The summed E-state index contributed by atoms with van der Waals surface area (Å²) in [5.74, 6) is 0. The summed E-state index contributed by atoms with van der Waals surface area (Å²) >= 11 is 0. The molecule has 0 spiro atoms. The lowest BCUT2D eigenvalue weighted by molar-refractivity contribution is 0.189. The zero-order valence-electron chi connectivity index (χ0n) is 9.23. The van der Waals surface area contributed by atoms with Crippen LogP contribution in [0.2, 0.25) is 0 Å². The highest BCUT2D eigenvalue weighted by Crippen LogP contribution is 2.19. The van der Waals surface area contributed by atoms with Crippen molar-refractivity contribution in [2.24, 2.45) is 0 Å². The molecular formula is C13H17NO2. The molecule has 1 aromatic carbocycles. The van der Waals surface area contributed by atoms with Crippen molar-refractivity contribution in [2.45, 2.75) is 25.3 Å². The van der Waals surface area contributed by atoms with E-state index in [0.717, 1.165) is 24.8 Å². The maximum Gasteiger partial charge on any atom is 0.405 e. The van der Waals surface area contributed by atoms with E-state index < -0.39 is 6.09 Å². The molecule has 16 heavy (non-hydrogen) atoms. The maximum absolute atomic E-state index is 10.7. The van der Waals surface area contributed by atoms with Crippen molar-refractivity contribution in [1.29, 1.82) is 0 Å². The number of hydrogen-bond acceptors (Lipinski definition) is 1. The normalized spacial score (nSPS) is 11.8. The average molecular weight is 219 g/mol. The van der Waals surface area contributed by atoms with Crippen LogP contribution in [-0.4, -0.2) is 11.2 Å². The second kappa shape index (κ2) is 6.67. The molecule has 0 aliphatic heterocycles. The van der Waals surface area contributed by atoms with Crippen molar-refractivity contribution in [3.63, 3.8) is 0 Å². The smallest absolute Gasteiger partial charge is 0.405 e. The van der Waals surface area contributed by atoms with E-state index in [1.807, 2.05) is 36.4 Å². The van der Waals surface area contributed by atoms with E-state index in [2.05, 4.69) is 11.9 Å². The predicted molar refractivity (Wildman–Crippen MR) is 64.4 cm³/mol. The van der Waals surface area contributed by atoms with Gasteiger partial charge in [-0.1, -0.05) is 36.4 Å². The van der Waals surface area contributed by atoms with Crippen LogP contribution < -0.4 is 5.32 Å². The molecule has 1 amide bonds. The molecule has 1 aromatic rings. The minimum Gasteiger partial charge on any atom is -0.465 e. The van der Waals surface area contributed by atoms with Crippen molar-refractivity contribution in [3.8, 4) is 0 Å². The van der Waals surface area contributed by atoms with Crippen LogP contribution in [0.25, 0.3) is 0 Å². The highest BCUT2D eigenvalue weighted by molar-refractivity contribution is 5.65. The van der Waals surface area contributed by atoms with Gasteiger partial charge in [-0.2, -0.15) is 0 Å². The van der Waals surface area contributed by atoms with Crippen molar-refractivity contribution in [3.05, 3.63) is 48.6 Å². The Bertz CT molecular complexity index is 335. The monoisotopic (exact) mass is 219 g/mol. The number of amides is 1. The number of allylic oxidation sites excluding steroid dienone is 1. The van der Waals surface area contributed by atoms with Gasteiger partial charge in [0.05, 0.1) is 6.04 Å². The lowest BCUT2D eigenvalue weighted by atomic mass is 10.0. The third-order valence-electron chi connectivity index (χ3n) is 2.40.